The van der Waals surface area contributed by atoms with Crippen LogP contribution < -0.4 is 14.8 Å². The van der Waals surface area contributed by atoms with E-state index in [1.54, 1.807) is 48.5 Å². The predicted molar refractivity (Wildman–Crippen MR) is 130 cm³/mol. The fourth-order valence-corrected chi connectivity index (χ4v) is 3.55. The van der Waals surface area contributed by atoms with Crippen LogP contribution in [0.15, 0.2) is 72.3 Å². The van der Waals surface area contributed by atoms with E-state index < -0.39 is 5.91 Å². The molecule has 0 saturated carbocycles. The van der Waals surface area contributed by atoms with Gasteiger partial charge >= 0.3 is 0 Å². The second-order valence-corrected chi connectivity index (χ2v) is 7.86. The van der Waals surface area contributed by atoms with Gasteiger partial charge in [0, 0.05) is 11.8 Å². The Morgan fingerprint density at radius 2 is 1.94 bits per heavy atom. The maximum absolute atomic E-state index is 13.3. The van der Waals surface area contributed by atoms with E-state index in [0.717, 1.165) is 9.13 Å². The van der Waals surface area contributed by atoms with Crippen molar-refractivity contribution >= 4 is 40.3 Å². The molecule has 0 spiro atoms. The molecule has 3 rings (SSSR count). The highest BCUT2D eigenvalue weighted by Crippen LogP contribution is 2.25. The van der Waals surface area contributed by atoms with Crippen LogP contribution in [0.3, 0.4) is 0 Å². The molecule has 0 saturated heterocycles. The SMILES string of the molecule is CCOc1cccc(NC(=O)/C(C#N)=C\c2ccc(OCc3cccc(F)c3)c(I)c2)c1. The summed E-state index contributed by atoms with van der Waals surface area (Å²) in [5.74, 6) is 0.440. The first-order valence-electron chi connectivity index (χ1n) is 9.81. The summed E-state index contributed by atoms with van der Waals surface area (Å²) in [5, 5.41) is 12.2. The number of carbonyl (C=O) groups is 1. The summed E-state index contributed by atoms with van der Waals surface area (Å²) in [6.07, 6.45) is 1.51. The van der Waals surface area contributed by atoms with Gasteiger partial charge in [0.05, 0.1) is 10.2 Å². The third-order valence-corrected chi connectivity index (χ3v) is 5.16. The van der Waals surface area contributed by atoms with Gasteiger partial charge < -0.3 is 14.8 Å². The Bertz CT molecular complexity index is 1190. The van der Waals surface area contributed by atoms with Crippen molar-refractivity contribution in [3.8, 4) is 17.6 Å². The third kappa shape index (κ3) is 6.56. The van der Waals surface area contributed by atoms with E-state index in [2.05, 4.69) is 27.9 Å². The number of nitriles is 1. The van der Waals surface area contributed by atoms with Crippen molar-refractivity contribution in [1.82, 2.24) is 0 Å². The van der Waals surface area contributed by atoms with Gasteiger partial charge in [0.15, 0.2) is 0 Å². The lowest BCUT2D eigenvalue weighted by atomic mass is 10.1. The van der Waals surface area contributed by atoms with Crippen LogP contribution in [-0.4, -0.2) is 12.5 Å². The Kier molecular flexibility index (Phi) is 8.22. The summed E-state index contributed by atoms with van der Waals surface area (Å²) in [7, 11) is 0. The molecule has 0 aromatic heterocycles. The Labute approximate surface area is 199 Å². The summed E-state index contributed by atoms with van der Waals surface area (Å²) in [5.41, 5.74) is 1.91. The number of amides is 1. The molecule has 0 atom stereocenters. The van der Waals surface area contributed by atoms with Crippen LogP contribution in [0.2, 0.25) is 0 Å². The molecule has 3 aromatic rings. The smallest absolute Gasteiger partial charge is 0.266 e. The van der Waals surface area contributed by atoms with Crippen molar-refractivity contribution in [3.63, 3.8) is 0 Å². The molecule has 0 aliphatic rings. The predicted octanol–water partition coefficient (Wildman–Crippen LogP) is 5.95. The molecule has 0 fully saturated rings. The summed E-state index contributed by atoms with van der Waals surface area (Å²) in [4.78, 5) is 12.6. The molecule has 32 heavy (non-hydrogen) atoms. The minimum atomic E-state index is -0.511. The largest absolute Gasteiger partial charge is 0.494 e. The van der Waals surface area contributed by atoms with Crippen LogP contribution in [0.4, 0.5) is 10.1 Å². The first kappa shape index (κ1) is 23.3. The number of benzene rings is 3. The van der Waals surface area contributed by atoms with E-state index in [4.69, 9.17) is 9.47 Å². The Morgan fingerprint density at radius 1 is 1.12 bits per heavy atom. The van der Waals surface area contributed by atoms with Crippen LogP contribution in [-0.2, 0) is 11.4 Å². The molecule has 5 nitrogen and oxygen atoms in total. The lowest BCUT2D eigenvalue weighted by Crippen LogP contribution is -2.13. The Hall–Kier alpha value is -3.38. The first-order valence-corrected chi connectivity index (χ1v) is 10.9. The second kappa shape index (κ2) is 11.3. The van der Waals surface area contributed by atoms with Crippen molar-refractivity contribution in [2.75, 3.05) is 11.9 Å². The van der Waals surface area contributed by atoms with E-state index in [-0.39, 0.29) is 18.0 Å². The van der Waals surface area contributed by atoms with Gasteiger partial charge in [0.1, 0.15) is 35.6 Å². The number of carbonyl (C=O) groups excluding carboxylic acids is 1. The van der Waals surface area contributed by atoms with E-state index in [1.165, 1.54) is 18.2 Å². The van der Waals surface area contributed by atoms with Gasteiger partial charge in [-0.3, -0.25) is 4.79 Å². The van der Waals surface area contributed by atoms with Crippen LogP contribution in [0.1, 0.15) is 18.1 Å². The van der Waals surface area contributed by atoms with E-state index >= 15 is 0 Å². The normalized spacial score (nSPS) is 10.9. The quantitative estimate of drug-likeness (QED) is 0.217. The maximum atomic E-state index is 13.3. The molecule has 0 aliphatic carbocycles. The molecule has 0 bridgehead atoms. The molecule has 7 heteroatoms. The minimum Gasteiger partial charge on any atom is -0.494 e. The van der Waals surface area contributed by atoms with Gasteiger partial charge in [-0.15, -0.1) is 0 Å². The second-order valence-electron chi connectivity index (χ2n) is 6.69. The van der Waals surface area contributed by atoms with E-state index in [1.807, 2.05) is 19.1 Å². The van der Waals surface area contributed by atoms with Gasteiger partial charge in [0.25, 0.3) is 5.91 Å². The third-order valence-electron chi connectivity index (χ3n) is 4.32. The minimum absolute atomic E-state index is 0.0314. The molecule has 0 unspecified atom stereocenters. The lowest BCUT2D eigenvalue weighted by Gasteiger charge is -2.10. The van der Waals surface area contributed by atoms with Gasteiger partial charge in [-0.25, -0.2) is 4.39 Å². The fraction of sp³-hybridized carbons (Fsp3) is 0.120. The van der Waals surface area contributed by atoms with E-state index in [9.17, 15) is 14.4 Å². The number of anilines is 1. The monoisotopic (exact) mass is 542 g/mol. The molecule has 0 heterocycles. The van der Waals surface area contributed by atoms with Crippen LogP contribution in [0, 0.1) is 20.7 Å². The van der Waals surface area contributed by atoms with E-state index in [0.29, 0.717) is 29.4 Å². The number of ether oxygens (including phenoxy) is 2. The van der Waals surface area contributed by atoms with Crippen molar-refractivity contribution in [3.05, 3.63) is 92.8 Å². The molecular weight excluding hydrogens is 522 g/mol. The molecule has 1 amide bonds. The Morgan fingerprint density at radius 3 is 2.66 bits per heavy atom. The van der Waals surface area contributed by atoms with Crippen molar-refractivity contribution in [1.29, 1.82) is 5.26 Å². The van der Waals surface area contributed by atoms with Gasteiger partial charge in [-0.1, -0.05) is 24.3 Å². The van der Waals surface area contributed by atoms with Gasteiger partial charge in [-0.2, -0.15) is 5.26 Å². The highest BCUT2D eigenvalue weighted by molar-refractivity contribution is 14.1. The first-order chi connectivity index (χ1) is 15.5. The Balaban J connectivity index is 1.70. The van der Waals surface area contributed by atoms with Crippen molar-refractivity contribution in [2.45, 2.75) is 13.5 Å². The van der Waals surface area contributed by atoms with Crippen LogP contribution >= 0.6 is 22.6 Å². The molecule has 1 N–H and O–H groups in total. The number of halogens is 2. The highest BCUT2D eigenvalue weighted by Gasteiger charge is 2.11. The summed E-state index contributed by atoms with van der Waals surface area (Å²) in [6.45, 7) is 2.62. The molecular formula is C25H20FIN2O3. The molecule has 3 aromatic carbocycles. The number of nitrogens with zero attached hydrogens (tertiary/aromatic N) is 1. The molecule has 0 aliphatic heterocycles. The zero-order valence-electron chi connectivity index (χ0n) is 17.3. The van der Waals surface area contributed by atoms with Crippen molar-refractivity contribution in [2.24, 2.45) is 0 Å². The number of rotatable bonds is 8. The zero-order valence-corrected chi connectivity index (χ0v) is 19.4. The average molecular weight is 542 g/mol. The fourth-order valence-electron chi connectivity index (χ4n) is 2.86. The number of hydrogen-bond donors (Lipinski definition) is 1. The van der Waals surface area contributed by atoms with Crippen molar-refractivity contribution < 1.29 is 18.7 Å². The maximum Gasteiger partial charge on any atom is 0.266 e. The zero-order chi connectivity index (χ0) is 22.9. The number of nitrogens with one attached hydrogen (secondary N) is 1. The lowest BCUT2D eigenvalue weighted by molar-refractivity contribution is -0.112. The van der Waals surface area contributed by atoms with Crippen LogP contribution in [0.25, 0.3) is 6.08 Å². The number of hydrogen-bond acceptors (Lipinski definition) is 4. The van der Waals surface area contributed by atoms with Gasteiger partial charge in [-0.05, 0) is 83.1 Å². The molecule has 0 radical (unpaired) electrons. The van der Waals surface area contributed by atoms with Crippen LogP contribution in [0.5, 0.6) is 11.5 Å². The molecule has 162 valence electrons. The standard InChI is InChI=1S/C25H20FIN2O3/c1-2-31-22-8-4-7-21(14-22)29-25(30)19(15-28)11-17-9-10-24(23(27)13-17)32-16-18-5-3-6-20(26)12-18/h3-14H,2,16H2,1H3,(H,29,30)/b19-11-. The highest BCUT2D eigenvalue weighted by atomic mass is 127. The summed E-state index contributed by atoms with van der Waals surface area (Å²) >= 11 is 2.12. The average Bonchev–Trinajstić information content (AvgIpc) is 2.77. The topological polar surface area (TPSA) is 71.3 Å². The summed E-state index contributed by atoms with van der Waals surface area (Å²) < 4.78 is 25.3. The summed E-state index contributed by atoms with van der Waals surface area (Å²) in [6, 6.07) is 20.5. The van der Waals surface area contributed by atoms with Gasteiger partial charge in [0.2, 0.25) is 0 Å².